The highest BCUT2D eigenvalue weighted by Gasteiger charge is 2.23. The van der Waals surface area contributed by atoms with Gasteiger partial charge in [0.15, 0.2) is 0 Å². The van der Waals surface area contributed by atoms with Gasteiger partial charge >= 0.3 is 0 Å². The van der Waals surface area contributed by atoms with Crippen LogP contribution in [0.4, 0.5) is 0 Å². The average molecular weight is 337 g/mol. The molecule has 1 saturated heterocycles. The lowest BCUT2D eigenvalue weighted by atomic mass is 10.1. The number of nitrogens with zero attached hydrogens (tertiary/aromatic N) is 5. The number of likely N-dealkylation sites (N-methyl/N-ethyl adjacent to an activating group) is 1. The van der Waals surface area contributed by atoms with Gasteiger partial charge in [-0.05, 0) is 25.1 Å². The van der Waals surface area contributed by atoms with Crippen molar-refractivity contribution in [3.05, 3.63) is 29.8 Å². The standard InChI is InChI=1S/C15H20N6O.ClH/c1-11-3-5-12(6-4-11)15-17-19-21(18-15)10-14(22)20(2)13-7-8-16-9-13;/h3-6,13,16H,7-10H2,1-2H3;1H. The Balaban J connectivity index is 0.00000192. The number of benzene rings is 1. The van der Waals surface area contributed by atoms with E-state index in [-0.39, 0.29) is 30.9 Å². The number of rotatable bonds is 4. The number of carbonyl (C=O) groups is 1. The maximum atomic E-state index is 12.3. The van der Waals surface area contributed by atoms with Crippen LogP contribution in [-0.4, -0.2) is 57.2 Å². The number of hydrogen-bond donors (Lipinski definition) is 1. The Bertz CT molecular complexity index is 650. The minimum Gasteiger partial charge on any atom is -0.340 e. The SMILES string of the molecule is Cc1ccc(-c2nnn(CC(=O)N(C)C3CCNC3)n2)cc1.Cl. The first-order valence-electron chi connectivity index (χ1n) is 7.45. The van der Waals surface area contributed by atoms with Gasteiger partial charge < -0.3 is 10.2 Å². The Morgan fingerprint density at radius 2 is 2.13 bits per heavy atom. The highest BCUT2D eigenvalue weighted by atomic mass is 35.5. The molecule has 1 amide bonds. The van der Waals surface area contributed by atoms with E-state index in [0.717, 1.165) is 25.1 Å². The summed E-state index contributed by atoms with van der Waals surface area (Å²) in [5.74, 6) is 0.541. The molecule has 1 aliphatic heterocycles. The Labute approximate surface area is 141 Å². The van der Waals surface area contributed by atoms with Crippen LogP contribution in [0.25, 0.3) is 11.4 Å². The van der Waals surface area contributed by atoms with Crippen LogP contribution in [0, 0.1) is 6.92 Å². The topological polar surface area (TPSA) is 75.9 Å². The lowest BCUT2D eigenvalue weighted by molar-refractivity contribution is -0.132. The van der Waals surface area contributed by atoms with E-state index in [1.165, 1.54) is 10.4 Å². The smallest absolute Gasteiger partial charge is 0.246 e. The predicted molar refractivity (Wildman–Crippen MR) is 89.3 cm³/mol. The van der Waals surface area contributed by atoms with Crippen LogP contribution in [-0.2, 0) is 11.3 Å². The lowest BCUT2D eigenvalue weighted by Crippen LogP contribution is -2.40. The molecule has 1 fully saturated rings. The van der Waals surface area contributed by atoms with Crippen LogP contribution in [0.3, 0.4) is 0 Å². The molecule has 1 unspecified atom stereocenters. The van der Waals surface area contributed by atoms with Gasteiger partial charge in [-0.25, -0.2) is 0 Å². The Hall–Kier alpha value is -1.99. The third kappa shape index (κ3) is 4.05. The minimum atomic E-state index is 0. The molecular formula is C15H21ClN6O. The number of halogens is 1. The summed E-state index contributed by atoms with van der Waals surface area (Å²) in [4.78, 5) is 15.4. The van der Waals surface area contributed by atoms with Gasteiger partial charge in [0.25, 0.3) is 0 Å². The van der Waals surface area contributed by atoms with Gasteiger partial charge in [0.05, 0.1) is 0 Å². The first kappa shape index (κ1) is 17.4. The normalized spacial score (nSPS) is 16.9. The number of carbonyl (C=O) groups excluding carboxylic acids is 1. The molecule has 7 nitrogen and oxygen atoms in total. The Morgan fingerprint density at radius 1 is 1.39 bits per heavy atom. The Kier molecular flexibility index (Phi) is 5.68. The van der Waals surface area contributed by atoms with Crippen molar-refractivity contribution in [3.63, 3.8) is 0 Å². The second kappa shape index (κ2) is 7.52. The summed E-state index contributed by atoms with van der Waals surface area (Å²) in [6.07, 6.45) is 0.988. The van der Waals surface area contributed by atoms with Crippen molar-refractivity contribution in [1.29, 1.82) is 0 Å². The largest absolute Gasteiger partial charge is 0.340 e. The summed E-state index contributed by atoms with van der Waals surface area (Å²) in [6, 6.07) is 8.17. The van der Waals surface area contributed by atoms with E-state index in [9.17, 15) is 4.79 Å². The van der Waals surface area contributed by atoms with E-state index < -0.39 is 0 Å². The predicted octanol–water partition coefficient (Wildman–Crippen LogP) is 0.891. The number of tetrazole rings is 1. The summed E-state index contributed by atoms with van der Waals surface area (Å²) in [5.41, 5.74) is 2.08. The molecule has 1 aliphatic rings. The molecule has 2 heterocycles. The second-order valence-electron chi connectivity index (χ2n) is 5.66. The number of hydrogen-bond acceptors (Lipinski definition) is 5. The van der Waals surface area contributed by atoms with Gasteiger partial charge in [0.2, 0.25) is 11.7 Å². The Morgan fingerprint density at radius 3 is 2.78 bits per heavy atom. The molecular weight excluding hydrogens is 316 g/mol. The van der Waals surface area contributed by atoms with Gasteiger partial charge in [-0.1, -0.05) is 29.8 Å². The number of aryl methyl sites for hydroxylation is 1. The molecule has 124 valence electrons. The lowest BCUT2D eigenvalue weighted by Gasteiger charge is -2.23. The molecule has 8 heteroatoms. The molecule has 0 saturated carbocycles. The number of nitrogens with one attached hydrogen (secondary N) is 1. The van der Waals surface area contributed by atoms with Crippen molar-refractivity contribution in [2.75, 3.05) is 20.1 Å². The molecule has 1 aromatic heterocycles. The maximum Gasteiger partial charge on any atom is 0.246 e. The van der Waals surface area contributed by atoms with Crippen LogP contribution in [0.2, 0.25) is 0 Å². The molecule has 3 rings (SSSR count). The fraction of sp³-hybridized carbons (Fsp3) is 0.467. The first-order chi connectivity index (χ1) is 10.6. The van der Waals surface area contributed by atoms with Crippen molar-refractivity contribution < 1.29 is 4.79 Å². The van der Waals surface area contributed by atoms with Gasteiger partial charge in [-0.3, -0.25) is 4.79 Å². The van der Waals surface area contributed by atoms with Crippen LogP contribution in [0.15, 0.2) is 24.3 Å². The molecule has 0 spiro atoms. The van der Waals surface area contributed by atoms with E-state index in [4.69, 9.17) is 0 Å². The highest BCUT2D eigenvalue weighted by Crippen LogP contribution is 2.14. The molecule has 0 radical (unpaired) electrons. The highest BCUT2D eigenvalue weighted by molar-refractivity contribution is 5.85. The zero-order chi connectivity index (χ0) is 15.5. The van der Waals surface area contributed by atoms with Crippen molar-refractivity contribution in [1.82, 2.24) is 30.4 Å². The summed E-state index contributed by atoms with van der Waals surface area (Å²) in [5, 5.41) is 15.5. The van der Waals surface area contributed by atoms with Gasteiger partial charge in [-0.2, -0.15) is 4.80 Å². The zero-order valence-corrected chi connectivity index (χ0v) is 14.1. The number of aromatic nitrogens is 4. The second-order valence-corrected chi connectivity index (χ2v) is 5.66. The molecule has 2 aromatic rings. The summed E-state index contributed by atoms with van der Waals surface area (Å²) >= 11 is 0. The fourth-order valence-electron chi connectivity index (χ4n) is 2.53. The summed E-state index contributed by atoms with van der Waals surface area (Å²) in [6.45, 7) is 3.95. The van der Waals surface area contributed by atoms with Crippen LogP contribution < -0.4 is 5.32 Å². The molecule has 23 heavy (non-hydrogen) atoms. The van der Waals surface area contributed by atoms with Crippen LogP contribution >= 0.6 is 12.4 Å². The fourth-order valence-corrected chi connectivity index (χ4v) is 2.53. The van der Waals surface area contributed by atoms with Gasteiger partial charge in [0.1, 0.15) is 6.54 Å². The molecule has 1 aromatic carbocycles. The average Bonchev–Trinajstić information content (AvgIpc) is 3.18. The van der Waals surface area contributed by atoms with E-state index >= 15 is 0 Å². The minimum absolute atomic E-state index is 0. The first-order valence-corrected chi connectivity index (χ1v) is 7.45. The van der Waals surface area contributed by atoms with Crippen molar-refractivity contribution in [3.8, 4) is 11.4 Å². The molecule has 1 N–H and O–H groups in total. The van der Waals surface area contributed by atoms with Gasteiger partial charge in [0, 0.05) is 25.2 Å². The monoisotopic (exact) mass is 336 g/mol. The van der Waals surface area contributed by atoms with Crippen molar-refractivity contribution >= 4 is 18.3 Å². The van der Waals surface area contributed by atoms with Crippen LogP contribution in [0.5, 0.6) is 0 Å². The molecule has 0 aliphatic carbocycles. The number of amides is 1. The van der Waals surface area contributed by atoms with Crippen molar-refractivity contribution in [2.24, 2.45) is 0 Å². The molecule has 1 atom stereocenters. The quantitative estimate of drug-likeness (QED) is 0.897. The zero-order valence-electron chi connectivity index (χ0n) is 13.3. The third-order valence-corrected chi connectivity index (χ3v) is 4.01. The third-order valence-electron chi connectivity index (χ3n) is 4.01. The van der Waals surface area contributed by atoms with Crippen LogP contribution in [0.1, 0.15) is 12.0 Å². The summed E-state index contributed by atoms with van der Waals surface area (Å²) in [7, 11) is 1.83. The van der Waals surface area contributed by atoms with E-state index in [1.807, 2.05) is 38.2 Å². The summed E-state index contributed by atoms with van der Waals surface area (Å²) < 4.78 is 0. The maximum absolute atomic E-state index is 12.3. The molecule has 0 bridgehead atoms. The van der Waals surface area contributed by atoms with E-state index in [0.29, 0.717) is 5.82 Å². The van der Waals surface area contributed by atoms with Crippen molar-refractivity contribution in [2.45, 2.75) is 25.9 Å². The van der Waals surface area contributed by atoms with Gasteiger partial charge in [-0.15, -0.1) is 22.6 Å². The van der Waals surface area contributed by atoms with E-state index in [2.05, 4.69) is 20.7 Å². The van der Waals surface area contributed by atoms with E-state index in [1.54, 1.807) is 4.90 Å².